The Kier molecular flexibility index (Phi) is 5.12. The summed E-state index contributed by atoms with van der Waals surface area (Å²) in [6, 6.07) is 4.68. The van der Waals surface area contributed by atoms with Crippen LogP contribution < -0.4 is 4.74 Å². The van der Waals surface area contributed by atoms with Crippen molar-refractivity contribution in [3.63, 3.8) is 0 Å². The van der Waals surface area contributed by atoms with Crippen LogP contribution in [0.4, 0.5) is 0 Å². The number of carbonyl (C=O) groups is 1. The fraction of sp³-hybridized carbons (Fsp3) is 0.100. The molecule has 0 saturated carbocycles. The molecule has 16 heavy (non-hydrogen) atoms. The van der Waals surface area contributed by atoms with E-state index in [0.29, 0.717) is 9.51 Å². The molecule has 0 aromatic heterocycles. The molecule has 86 valence electrons. The topological polar surface area (TPSA) is 46.5 Å². The van der Waals surface area contributed by atoms with Gasteiger partial charge in [0.15, 0.2) is 0 Å². The Balaban J connectivity index is 2.91. The maximum Gasteiger partial charge on any atom is 0.339 e. The lowest BCUT2D eigenvalue weighted by molar-refractivity contribution is 0.0692. The second-order valence-electron chi connectivity index (χ2n) is 2.79. The molecule has 0 amide bonds. The molecule has 1 aromatic carbocycles. The summed E-state index contributed by atoms with van der Waals surface area (Å²) in [4.78, 5) is 10.9. The zero-order chi connectivity index (χ0) is 12.1. The van der Waals surface area contributed by atoms with Crippen LogP contribution in [0.3, 0.4) is 0 Å². The fourth-order valence-electron chi connectivity index (χ4n) is 0.973. The molecule has 0 aliphatic rings. The van der Waals surface area contributed by atoms with Crippen molar-refractivity contribution in [1.82, 2.24) is 0 Å². The van der Waals surface area contributed by atoms with Gasteiger partial charge in [-0.1, -0.05) is 39.1 Å². The SMILES string of the molecule is O=C(O)c1cc(Br)ccc1OC/C(Cl)=C/Cl. The second-order valence-corrected chi connectivity index (χ2v) is 4.41. The molecule has 0 unspecified atom stereocenters. The van der Waals surface area contributed by atoms with Crippen LogP contribution in [0.5, 0.6) is 5.75 Å². The zero-order valence-corrected chi connectivity index (χ0v) is 11.0. The first-order chi connectivity index (χ1) is 7.54. The summed E-state index contributed by atoms with van der Waals surface area (Å²) >= 11 is 14.2. The zero-order valence-electron chi connectivity index (χ0n) is 7.91. The first-order valence-corrected chi connectivity index (χ1v) is 5.75. The van der Waals surface area contributed by atoms with Gasteiger partial charge in [-0.25, -0.2) is 4.79 Å². The highest BCUT2D eigenvalue weighted by Crippen LogP contribution is 2.24. The van der Waals surface area contributed by atoms with Gasteiger partial charge in [0.2, 0.25) is 0 Å². The molecule has 0 heterocycles. The molecule has 0 saturated heterocycles. The quantitative estimate of drug-likeness (QED) is 0.914. The molecular weight excluding hydrogens is 319 g/mol. The van der Waals surface area contributed by atoms with Crippen LogP contribution in [0.1, 0.15) is 10.4 Å². The third kappa shape index (κ3) is 3.70. The third-order valence-corrected chi connectivity index (χ3v) is 2.74. The minimum absolute atomic E-state index is 0.0347. The van der Waals surface area contributed by atoms with Crippen LogP contribution >= 0.6 is 39.1 Å². The fourth-order valence-corrected chi connectivity index (χ4v) is 1.45. The number of rotatable bonds is 4. The molecule has 1 aromatic rings. The lowest BCUT2D eigenvalue weighted by atomic mass is 10.2. The second kappa shape index (κ2) is 6.13. The van der Waals surface area contributed by atoms with Gasteiger partial charge in [-0.3, -0.25) is 0 Å². The van der Waals surface area contributed by atoms with Gasteiger partial charge in [0.25, 0.3) is 0 Å². The predicted octanol–water partition coefficient (Wildman–Crippen LogP) is 3.85. The van der Waals surface area contributed by atoms with Crippen molar-refractivity contribution in [2.45, 2.75) is 0 Å². The Morgan fingerprint density at radius 1 is 1.56 bits per heavy atom. The number of ether oxygens (including phenoxy) is 1. The Labute approximate surface area is 111 Å². The van der Waals surface area contributed by atoms with E-state index in [-0.39, 0.29) is 17.9 Å². The van der Waals surface area contributed by atoms with Gasteiger partial charge in [0, 0.05) is 10.0 Å². The van der Waals surface area contributed by atoms with Gasteiger partial charge >= 0.3 is 5.97 Å². The summed E-state index contributed by atoms with van der Waals surface area (Å²) in [6.45, 7) is 0.0347. The summed E-state index contributed by atoms with van der Waals surface area (Å²) in [5.74, 6) is -0.824. The average Bonchev–Trinajstić information content (AvgIpc) is 2.26. The van der Waals surface area contributed by atoms with Crippen molar-refractivity contribution in [3.8, 4) is 5.75 Å². The summed E-state index contributed by atoms with van der Waals surface area (Å²) in [7, 11) is 0. The van der Waals surface area contributed by atoms with E-state index in [0.717, 1.165) is 0 Å². The number of benzene rings is 1. The van der Waals surface area contributed by atoms with E-state index in [1.54, 1.807) is 12.1 Å². The summed E-state index contributed by atoms with van der Waals surface area (Å²) < 4.78 is 5.88. The van der Waals surface area contributed by atoms with Gasteiger partial charge in [-0.05, 0) is 18.2 Å². The number of carboxylic acid groups (broad SMARTS) is 1. The van der Waals surface area contributed by atoms with Crippen molar-refractivity contribution >= 4 is 45.1 Å². The first-order valence-electron chi connectivity index (χ1n) is 4.15. The van der Waals surface area contributed by atoms with E-state index < -0.39 is 5.97 Å². The van der Waals surface area contributed by atoms with Crippen molar-refractivity contribution < 1.29 is 14.6 Å². The molecule has 0 radical (unpaired) electrons. The van der Waals surface area contributed by atoms with E-state index in [2.05, 4.69) is 15.9 Å². The first kappa shape index (κ1) is 13.4. The van der Waals surface area contributed by atoms with Crippen LogP contribution in [0.2, 0.25) is 0 Å². The monoisotopic (exact) mass is 324 g/mol. The van der Waals surface area contributed by atoms with E-state index in [1.807, 2.05) is 0 Å². The molecular formula is C10H7BrCl2O3. The van der Waals surface area contributed by atoms with Crippen LogP contribution in [0.15, 0.2) is 33.2 Å². The maximum atomic E-state index is 10.9. The summed E-state index contributed by atoms with van der Waals surface area (Å²) in [6.07, 6.45) is 0. The molecule has 1 N–H and O–H groups in total. The van der Waals surface area contributed by atoms with E-state index in [1.165, 1.54) is 11.6 Å². The van der Waals surface area contributed by atoms with Crippen molar-refractivity contribution in [1.29, 1.82) is 0 Å². The summed E-state index contributed by atoms with van der Waals surface area (Å²) in [5.41, 5.74) is 1.23. The van der Waals surface area contributed by atoms with Gasteiger partial charge in [0.05, 0.1) is 5.03 Å². The smallest absolute Gasteiger partial charge is 0.339 e. The number of hydrogen-bond acceptors (Lipinski definition) is 2. The lowest BCUT2D eigenvalue weighted by Gasteiger charge is -2.08. The van der Waals surface area contributed by atoms with Crippen molar-refractivity contribution in [2.24, 2.45) is 0 Å². The molecule has 3 nitrogen and oxygen atoms in total. The van der Waals surface area contributed by atoms with Crippen LogP contribution in [0, 0.1) is 0 Å². The van der Waals surface area contributed by atoms with Crippen LogP contribution in [-0.2, 0) is 0 Å². The summed E-state index contributed by atoms with van der Waals surface area (Å²) in [5, 5.41) is 9.23. The van der Waals surface area contributed by atoms with Gasteiger partial charge in [0.1, 0.15) is 17.9 Å². The standard InChI is InChI=1S/C10H7BrCl2O3/c11-6-1-2-9(8(3-6)10(14)15)16-5-7(13)4-12/h1-4H,5H2,(H,14,15)/b7-4-. The number of aromatic carboxylic acids is 1. The Hall–Kier alpha value is -0.710. The van der Waals surface area contributed by atoms with Crippen molar-refractivity contribution in [3.05, 3.63) is 38.8 Å². The molecule has 0 atom stereocenters. The Bertz CT molecular complexity index is 432. The molecule has 0 fully saturated rings. The van der Waals surface area contributed by atoms with Gasteiger partial charge < -0.3 is 9.84 Å². The highest BCUT2D eigenvalue weighted by molar-refractivity contribution is 9.10. The van der Waals surface area contributed by atoms with E-state index in [9.17, 15) is 4.79 Å². The van der Waals surface area contributed by atoms with Gasteiger partial charge in [-0.15, -0.1) is 0 Å². The Morgan fingerprint density at radius 3 is 2.81 bits per heavy atom. The molecule has 1 rings (SSSR count). The van der Waals surface area contributed by atoms with Crippen LogP contribution in [-0.4, -0.2) is 17.7 Å². The minimum Gasteiger partial charge on any atom is -0.487 e. The average molecular weight is 326 g/mol. The van der Waals surface area contributed by atoms with Gasteiger partial charge in [-0.2, -0.15) is 0 Å². The van der Waals surface area contributed by atoms with E-state index in [4.69, 9.17) is 33.0 Å². The number of halogens is 3. The highest BCUT2D eigenvalue weighted by atomic mass is 79.9. The minimum atomic E-state index is -1.07. The number of hydrogen-bond donors (Lipinski definition) is 1. The maximum absolute atomic E-state index is 10.9. The lowest BCUT2D eigenvalue weighted by Crippen LogP contribution is -2.04. The molecule has 0 aliphatic carbocycles. The normalized spacial score (nSPS) is 11.3. The predicted molar refractivity (Wildman–Crippen MR) is 66.4 cm³/mol. The Morgan fingerprint density at radius 2 is 2.25 bits per heavy atom. The molecule has 0 bridgehead atoms. The van der Waals surface area contributed by atoms with Crippen molar-refractivity contribution in [2.75, 3.05) is 6.61 Å². The largest absolute Gasteiger partial charge is 0.487 e. The molecule has 0 spiro atoms. The van der Waals surface area contributed by atoms with Crippen LogP contribution in [0.25, 0.3) is 0 Å². The molecule has 6 heteroatoms. The highest BCUT2D eigenvalue weighted by Gasteiger charge is 2.11. The van der Waals surface area contributed by atoms with E-state index >= 15 is 0 Å². The number of carboxylic acids is 1. The third-order valence-electron chi connectivity index (χ3n) is 1.66. The molecule has 0 aliphatic heterocycles.